The molecule has 106 valence electrons. The van der Waals surface area contributed by atoms with Crippen LogP contribution in [0.5, 0.6) is 5.75 Å². The van der Waals surface area contributed by atoms with Crippen molar-refractivity contribution in [1.29, 1.82) is 0 Å². The summed E-state index contributed by atoms with van der Waals surface area (Å²) in [5, 5.41) is 3.52. The van der Waals surface area contributed by atoms with Crippen LogP contribution in [0.4, 0.5) is 0 Å². The molecule has 1 N–H and O–H groups in total. The number of aromatic nitrogens is 1. The molecule has 1 aliphatic carbocycles. The van der Waals surface area contributed by atoms with Crippen molar-refractivity contribution in [3.8, 4) is 5.75 Å². The van der Waals surface area contributed by atoms with Crippen LogP contribution in [0.25, 0.3) is 0 Å². The molecule has 3 heteroatoms. The molecular formula is C16H26N2O. The van der Waals surface area contributed by atoms with Crippen molar-refractivity contribution in [3.63, 3.8) is 0 Å². The van der Waals surface area contributed by atoms with E-state index in [1.807, 2.05) is 6.20 Å². The first kappa shape index (κ1) is 14.3. The summed E-state index contributed by atoms with van der Waals surface area (Å²) in [5.74, 6) is 0.918. The normalized spacial score (nSPS) is 17.6. The van der Waals surface area contributed by atoms with E-state index in [0.717, 1.165) is 30.8 Å². The molecule has 1 aliphatic rings. The third-order valence-electron chi connectivity index (χ3n) is 3.77. The van der Waals surface area contributed by atoms with Crippen molar-refractivity contribution in [1.82, 2.24) is 10.3 Å². The van der Waals surface area contributed by atoms with Gasteiger partial charge in [-0.1, -0.05) is 13.8 Å². The zero-order chi connectivity index (χ0) is 13.5. The van der Waals surface area contributed by atoms with Gasteiger partial charge in [-0.3, -0.25) is 4.98 Å². The second-order valence-electron chi connectivity index (χ2n) is 5.36. The molecule has 0 radical (unpaired) electrons. The molecule has 1 fully saturated rings. The molecule has 1 atom stereocenters. The number of nitrogens with zero attached hydrogens (tertiary/aromatic N) is 1. The van der Waals surface area contributed by atoms with Crippen LogP contribution < -0.4 is 10.1 Å². The molecule has 1 aromatic rings. The summed E-state index contributed by atoms with van der Waals surface area (Å²) >= 11 is 0. The minimum Gasteiger partial charge on any atom is -0.489 e. The third kappa shape index (κ3) is 4.20. The van der Waals surface area contributed by atoms with E-state index in [1.54, 1.807) is 0 Å². The average molecular weight is 262 g/mol. The second kappa shape index (κ2) is 7.49. The summed E-state index contributed by atoms with van der Waals surface area (Å²) < 4.78 is 5.94. The van der Waals surface area contributed by atoms with Crippen LogP contribution in [0, 0.1) is 0 Å². The maximum absolute atomic E-state index is 5.94. The van der Waals surface area contributed by atoms with Crippen LogP contribution >= 0.6 is 0 Å². The standard InChI is InChI=1S/C16H26N2O/c1-3-11-17-15(4-2)16-10-9-14(12-18-16)19-13-7-5-6-8-13/h9-10,12-13,15,17H,3-8,11H2,1-2H3. The van der Waals surface area contributed by atoms with Crippen molar-refractivity contribution in [2.75, 3.05) is 6.54 Å². The van der Waals surface area contributed by atoms with Crippen LogP contribution in [0.2, 0.25) is 0 Å². The van der Waals surface area contributed by atoms with Gasteiger partial charge in [-0.05, 0) is 57.2 Å². The molecule has 0 aliphatic heterocycles. The number of ether oxygens (including phenoxy) is 1. The third-order valence-corrected chi connectivity index (χ3v) is 3.77. The number of rotatable bonds is 7. The lowest BCUT2D eigenvalue weighted by atomic mass is 10.1. The lowest BCUT2D eigenvalue weighted by molar-refractivity contribution is 0.209. The highest BCUT2D eigenvalue weighted by molar-refractivity contribution is 5.22. The molecule has 0 bridgehead atoms. The predicted octanol–water partition coefficient (Wildman–Crippen LogP) is 3.85. The highest BCUT2D eigenvalue weighted by Gasteiger charge is 2.17. The smallest absolute Gasteiger partial charge is 0.138 e. The van der Waals surface area contributed by atoms with E-state index in [2.05, 4.69) is 36.3 Å². The first-order chi connectivity index (χ1) is 9.33. The first-order valence-corrected chi connectivity index (χ1v) is 7.69. The van der Waals surface area contributed by atoms with Gasteiger partial charge in [0.05, 0.1) is 18.0 Å². The number of hydrogen-bond donors (Lipinski definition) is 1. The van der Waals surface area contributed by atoms with Crippen molar-refractivity contribution in [2.45, 2.75) is 64.5 Å². The number of pyridine rings is 1. The van der Waals surface area contributed by atoms with Crippen LogP contribution in [-0.2, 0) is 0 Å². The average Bonchev–Trinajstić information content (AvgIpc) is 2.94. The zero-order valence-electron chi connectivity index (χ0n) is 12.2. The molecule has 0 aromatic carbocycles. The zero-order valence-corrected chi connectivity index (χ0v) is 12.2. The van der Waals surface area contributed by atoms with E-state index in [1.165, 1.54) is 25.7 Å². The van der Waals surface area contributed by atoms with Crippen LogP contribution in [0.3, 0.4) is 0 Å². The van der Waals surface area contributed by atoms with Gasteiger partial charge in [0.1, 0.15) is 5.75 Å². The minimum atomic E-state index is 0.362. The molecule has 0 spiro atoms. The molecular weight excluding hydrogens is 236 g/mol. The van der Waals surface area contributed by atoms with Gasteiger partial charge in [-0.2, -0.15) is 0 Å². The fourth-order valence-corrected chi connectivity index (χ4v) is 2.64. The number of nitrogens with one attached hydrogen (secondary N) is 1. The summed E-state index contributed by atoms with van der Waals surface area (Å²) in [6.45, 7) is 5.42. The van der Waals surface area contributed by atoms with E-state index < -0.39 is 0 Å². The minimum absolute atomic E-state index is 0.362. The van der Waals surface area contributed by atoms with E-state index in [9.17, 15) is 0 Å². The van der Waals surface area contributed by atoms with E-state index in [-0.39, 0.29) is 0 Å². The van der Waals surface area contributed by atoms with Gasteiger partial charge >= 0.3 is 0 Å². The van der Waals surface area contributed by atoms with E-state index in [4.69, 9.17) is 4.74 Å². The maximum atomic E-state index is 5.94. The Labute approximate surface area is 116 Å². The highest BCUT2D eigenvalue weighted by atomic mass is 16.5. The Kier molecular flexibility index (Phi) is 5.64. The monoisotopic (exact) mass is 262 g/mol. The van der Waals surface area contributed by atoms with Crippen LogP contribution in [0.1, 0.15) is 64.1 Å². The summed E-state index contributed by atoms with van der Waals surface area (Å²) in [7, 11) is 0. The summed E-state index contributed by atoms with van der Waals surface area (Å²) in [4.78, 5) is 4.56. The topological polar surface area (TPSA) is 34.1 Å². The van der Waals surface area contributed by atoms with E-state index in [0.29, 0.717) is 12.1 Å². The summed E-state index contributed by atoms with van der Waals surface area (Å²) in [6, 6.07) is 4.53. The Morgan fingerprint density at radius 2 is 2.11 bits per heavy atom. The van der Waals surface area contributed by atoms with Gasteiger partial charge < -0.3 is 10.1 Å². The Balaban J connectivity index is 1.92. The molecule has 1 aromatic heterocycles. The van der Waals surface area contributed by atoms with Gasteiger partial charge in [0.25, 0.3) is 0 Å². The van der Waals surface area contributed by atoms with E-state index >= 15 is 0 Å². The second-order valence-corrected chi connectivity index (χ2v) is 5.36. The fourth-order valence-electron chi connectivity index (χ4n) is 2.64. The Morgan fingerprint density at radius 1 is 1.32 bits per heavy atom. The molecule has 1 saturated carbocycles. The maximum Gasteiger partial charge on any atom is 0.138 e. The Morgan fingerprint density at radius 3 is 2.68 bits per heavy atom. The van der Waals surface area contributed by atoms with Crippen LogP contribution in [-0.4, -0.2) is 17.6 Å². The Hall–Kier alpha value is -1.09. The van der Waals surface area contributed by atoms with Crippen LogP contribution in [0.15, 0.2) is 18.3 Å². The van der Waals surface area contributed by atoms with Gasteiger partial charge in [0.15, 0.2) is 0 Å². The van der Waals surface area contributed by atoms with Crippen molar-refractivity contribution in [2.24, 2.45) is 0 Å². The van der Waals surface area contributed by atoms with Gasteiger partial charge in [0, 0.05) is 6.04 Å². The summed E-state index contributed by atoms with van der Waals surface area (Å²) in [5.41, 5.74) is 1.12. The van der Waals surface area contributed by atoms with Crippen molar-refractivity contribution < 1.29 is 4.74 Å². The lowest BCUT2D eigenvalue weighted by Crippen LogP contribution is -2.22. The van der Waals surface area contributed by atoms with Gasteiger partial charge in [0.2, 0.25) is 0 Å². The van der Waals surface area contributed by atoms with Crippen molar-refractivity contribution >= 4 is 0 Å². The lowest BCUT2D eigenvalue weighted by Gasteiger charge is -2.17. The molecule has 3 nitrogen and oxygen atoms in total. The molecule has 0 amide bonds. The van der Waals surface area contributed by atoms with Crippen molar-refractivity contribution in [3.05, 3.63) is 24.0 Å². The number of hydrogen-bond acceptors (Lipinski definition) is 3. The molecule has 1 heterocycles. The first-order valence-electron chi connectivity index (χ1n) is 7.69. The molecule has 19 heavy (non-hydrogen) atoms. The fraction of sp³-hybridized carbons (Fsp3) is 0.688. The largest absolute Gasteiger partial charge is 0.489 e. The van der Waals surface area contributed by atoms with Gasteiger partial charge in [-0.15, -0.1) is 0 Å². The predicted molar refractivity (Wildman–Crippen MR) is 78.4 cm³/mol. The van der Waals surface area contributed by atoms with Gasteiger partial charge in [-0.25, -0.2) is 0 Å². The quantitative estimate of drug-likeness (QED) is 0.810. The SMILES string of the molecule is CCCNC(CC)c1ccc(OC2CCCC2)cn1. The Bertz CT molecular complexity index is 358. The molecule has 1 unspecified atom stereocenters. The summed E-state index contributed by atoms with van der Waals surface area (Å²) in [6.07, 6.45) is 9.49. The highest BCUT2D eigenvalue weighted by Crippen LogP contribution is 2.24. The molecule has 2 rings (SSSR count). The molecule has 0 saturated heterocycles.